The van der Waals surface area contributed by atoms with Gasteiger partial charge in [-0.15, -0.1) is 23.2 Å². The largest absolute Gasteiger partial charge is 0.504 e. The second-order valence-electron chi connectivity index (χ2n) is 12.2. The van der Waals surface area contributed by atoms with E-state index in [4.69, 9.17) is 27.9 Å². The second-order valence-corrected chi connectivity index (χ2v) is 13.4. The van der Waals surface area contributed by atoms with Crippen molar-refractivity contribution in [1.82, 2.24) is 0 Å². The van der Waals surface area contributed by atoms with Crippen LogP contribution in [0.4, 0.5) is 15.8 Å². The van der Waals surface area contributed by atoms with Crippen LogP contribution in [-0.4, -0.2) is 45.1 Å². The molecule has 2 aliphatic carbocycles. The van der Waals surface area contributed by atoms with Gasteiger partial charge in [0.15, 0.2) is 21.2 Å². The Balaban J connectivity index is 1.40. The minimum Gasteiger partial charge on any atom is -0.504 e. The SMILES string of the molecule is C=Cc1ccc(N2C(=O)[C@H]3[C@H](CC=C4[C@H]3C[C@@]3(Cl)C(=O)N(c5ccc(F)cc5)C(=O)[C@@]3(Cl)[C@H]4c3cccc(OCC)c3O)C2=O)cc1. The van der Waals surface area contributed by atoms with E-state index in [1.54, 1.807) is 61.5 Å². The summed E-state index contributed by atoms with van der Waals surface area (Å²) in [5.41, 5.74) is 1.99. The van der Waals surface area contributed by atoms with Crippen LogP contribution in [0.15, 0.2) is 85.0 Å². The third-order valence-electron chi connectivity index (χ3n) is 9.92. The molecule has 0 unspecified atom stereocenters. The van der Waals surface area contributed by atoms with Crippen molar-refractivity contribution in [1.29, 1.82) is 0 Å². The molecule has 7 rings (SSSR count). The minimum atomic E-state index is -2.18. The Labute approximate surface area is 280 Å². The molecule has 0 bridgehead atoms. The number of hydrogen-bond acceptors (Lipinski definition) is 6. The Morgan fingerprint density at radius 2 is 1.60 bits per heavy atom. The minimum absolute atomic E-state index is 0.0676. The Bertz CT molecular complexity index is 1900. The molecule has 0 spiro atoms. The zero-order valence-corrected chi connectivity index (χ0v) is 26.7. The van der Waals surface area contributed by atoms with E-state index in [1.165, 1.54) is 12.1 Å². The number of carbonyl (C=O) groups excluding carboxylic acids is 4. The molecule has 1 N–H and O–H groups in total. The summed E-state index contributed by atoms with van der Waals surface area (Å²) in [7, 11) is 0. The van der Waals surface area contributed by atoms with Crippen molar-refractivity contribution < 1.29 is 33.4 Å². The fourth-order valence-electron chi connectivity index (χ4n) is 7.80. The van der Waals surface area contributed by atoms with Crippen molar-refractivity contribution in [2.45, 2.75) is 35.4 Å². The first-order valence-corrected chi connectivity index (χ1v) is 16.0. The number of alkyl halides is 2. The third-order valence-corrected chi connectivity index (χ3v) is 11.3. The van der Waals surface area contributed by atoms with Gasteiger partial charge in [0, 0.05) is 11.5 Å². The summed E-state index contributed by atoms with van der Waals surface area (Å²) in [6.07, 6.45) is 3.37. The highest BCUT2D eigenvalue weighted by Gasteiger charge is 2.77. The molecule has 3 aromatic carbocycles. The molecule has 0 aromatic heterocycles. The van der Waals surface area contributed by atoms with Crippen LogP contribution in [-0.2, 0) is 19.2 Å². The van der Waals surface area contributed by atoms with E-state index in [9.17, 15) is 28.7 Å². The number of rotatable bonds is 6. The zero-order valence-electron chi connectivity index (χ0n) is 25.2. The second kappa shape index (κ2) is 11.1. The molecule has 6 atom stereocenters. The summed E-state index contributed by atoms with van der Waals surface area (Å²) in [4.78, 5) is 54.7. The number of fused-ring (bicyclic) bond motifs is 4. The first-order valence-electron chi connectivity index (χ1n) is 15.2. The quantitative estimate of drug-likeness (QED) is 0.186. The van der Waals surface area contributed by atoms with Gasteiger partial charge in [-0.05, 0) is 73.7 Å². The number of hydrogen-bond donors (Lipinski definition) is 1. The number of phenolic OH excluding ortho intramolecular Hbond substituents is 1. The maximum atomic E-state index is 14.5. The first-order chi connectivity index (χ1) is 22.5. The summed E-state index contributed by atoms with van der Waals surface area (Å²) < 4.78 is 19.5. The van der Waals surface area contributed by atoms with Crippen LogP contribution >= 0.6 is 23.2 Å². The molecule has 0 radical (unpaired) electrons. The molecule has 2 heterocycles. The summed E-state index contributed by atoms with van der Waals surface area (Å²) in [6.45, 7) is 5.73. The van der Waals surface area contributed by atoms with E-state index >= 15 is 0 Å². The number of phenols is 1. The van der Waals surface area contributed by atoms with Crippen molar-refractivity contribution in [3.8, 4) is 11.5 Å². The average Bonchev–Trinajstić information content (AvgIpc) is 3.40. The number of ether oxygens (including phenoxy) is 1. The summed E-state index contributed by atoms with van der Waals surface area (Å²) in [6, 6.07) is 16.4. The Morgan fingerprint density at radius 1 is 0.936 bits per heavy atom. The lowest BCUT2D eigenvalue weighted by molar-refractivity contribution is -0.125. The topological polar surface area (TPSA) is 104 Å². The summed E-state index contributed by atoms with van der Waals surface area (Å²) >= 11 is 14.8. The standard InChI is InChI=1S/C36H29Cl2FN2O6/c1-3-19-8-12-21(13-9-19)40-31(43)24-17-16-23-26(28(24)32(40)44)18-35(37)33(45)41(22-14-10-20(39)11-15-22)34(46)36(35,38)29(23)25-6-5-7-27(30(25)42)47-4-2/h3,5-16,24,26,28-29,42H,1,4,17-18H2,2H3/t24-,26+,28-,29+,35+,36-/m0/s1. The van der Waals surface area contributed by atoms with Gasteiger partial charge in [-0.25, -0.2) is 9.29 Å². The predicted octanol–water partition coefficient (Wildman–Crippen LogP) is 6.34. The van der Waals surface area contributed by atoms with Gasteiger partial charge in [0.1, 0.15) is 5.82 Å². The van der Waals surface area contributed by atoms with E-state index < -0.39 is 57.0 Å². The number of aromatic hydroxyl groups is 1. The number of imide groups is 2. The third kappa shape index (κ3) is 4.25. The summed E-state index contributed by atoms with van der Waals surface area (Å²) in [5, 5.41) is 11.5. The highest BCUT2D eigenvalue weighted by Crippen LogP contribution is 2.66. The molecule has 240 valence electrons. The zero-order chi connectivity index (χ0) is 33.4. The summed E-state index contributed by atoms with van der Waals surface area (Å²) in [5.74, 6) is -6.92. The van der Waals surface area contributed by atoms with E-state index in [-0.39, 0.29) is 48.1 Å². The Kier molecular flexibility index (Phi) is 7.33. The molecule has 3 fully saturated rings. The fourth-order valence-corrected chi connectivity index (χ4v) is 8.73. The lowest BCUT2D eigenvalue weighted by Crippen LogP contribution is -2.60. The maximum absolute atomic E-state index is 14.5. The molecule has 4 amide bonds. The van der Waals surface area contributed by atoms with Crippen LogP contribution in [0, 0.1) is 23.6 Å². The van der Waals surface area contributed by atoms with Crippen molar-refractivity contribution in [2.75, 3.05) is 16.4 Å². The highest BCUT2D eigenvalue weighted by atomic mass is 35.5. The molecule has 11 heteroatoms. The van der Waals surface area contributed by atoms with E-state index in [1.807, 2.05) is 0 Å². The molecular weight excluding hydrogens is 646 g/mol. The Morgan fingerprint density at radius 3 is 2.26 bits per heavy atom. The first kappa shape index (κ1) is 31.1. The molecule has 2 aliphatic heterocycles. The van der Waals surface area contributed by atoms with Gasteiger partial charge in [-0.2, -0.15) is 0 Å². The van der Waals surface area contributed by atoms with Gasteiger partial charge < -0.3 is 9.84 Å². The normalized spacial score (nSPS) is 29.7. The fraction of sp³-hybridized carbons (Fsp3) is 0.278. The van der Waals surface area contributed by atoms with Gasteiger partial charge in [-0.3, -0.25) is 24.1 Å². The van der Waals surface area contributed by atoms with Crippen molar-refractivity contribution in [3.63, 3.8) is 0 Å². The van der Waals surface area contributed by atoms with Crippen LogP contribution in [0.5, 0.6) is 11.5 Å². The number of halogens is 3. The number of carbonyl (C=O) groups is 4. The van der Waals surface area contributed by atoms with Gasteiger partial charge in [-0.1, -0.05) is 48.6 Å². The van der Waals surface area contributed by atoms with Crippen LogP contribution in [0.25, 0.3) is 6.08 Å². The van der Waals surface area contributed by atoms with Crippen LogP contribution in [0.1, 0.15) is 36.8 Å². The lowest BCUT2D eigenvalue weighted by atomic mass is 9.56. The van der Waals surface area contributed by atoms with Crippen LogP contribution < -0.4 is 14.5 Å². The molecule has 47 heavy (non-hydrogen) atoms. The molecule has 8 nitrogen and oxygen atoms in total. The van der Waals surface area contributed by atoms with E-state index in [2.05, 4.69) is 6.58 Å². The van der Waals surface area contributed by atoms with Gasteiger partial charge >= 0.3 is 0 Å². The highest BCUT2D eigenvalue weighted by molar-refractivity contribution is 6.58. The predicted molar refractivity (Wildman–Crippen MR) is 175 cm³/mol. The van der Waals surface area contributed by atoms with Crippen LogP contribution in [0.3, 0.4) is 0 Å². The van der Waals surface area contributed by atoms with Gasteiger partial charge in [0.2, 0.25) is 11.8 Å². The molecule has 4 aliphatic rings. The molecule has 2 saturated heterocycles. The van der Waals surface area contributed by atoms with Crippen LogP contribution in [0.2, 0.25) is 0 Å². The van der Waals surface area contributed by atoms with Crippen molar-refractivity contribution >= 4 is 64.3 Å². The lowest BCUT2D eigenvalue weighted by Gasteiger charge is -2.50. The molecular formula is C36H29Cl2FN2O6. The van der Waals surface area contributed by atoms with Gasteiger partial charge in [0.05, 0.1) is 29.8 Å². The number of para-hydroxylation sites is 1. The number of allylic oxidation sites excluding steroid dienone is 2. The smallest absolute Gasteiger partial charge is 0.258 e. The van der Waals surface area contributed by atoms with Crippen molar-refractivity contribution in [3.05, 3.63) is 102 Å². The molecule has 3 aromatic rings. The van der Waals surface area contributed by atoms with Gasteiger partial charge in [0.25, 0.3) is 11.8 Å². The number of anilines is 2. The monoisotopic (exact) mass is 674 g/mol. The number of amides is 4. The van der Waals surface area contributed by atoms with E-state index in [0.29, 0.717) is 11.3 Å². The molecule has 1 saturated carbocycles. The Hall–Kier alpha value is -4.47. The average molecular weight is 676 g/mol. The maximum Gasteiger partial charge on any atom is 0.258 e. The number of nitrogens with zero attached hydrogens (tertiary/aromatic N) is 2. The number of benzene rings is 3. The van der Waals surface area contributed by atoms with E-state index in [0.717, 1.165) is 27.5 Å². The van der Waals surface area contributed by atoms with Crippen molar-refractivity contribution in [2.24, 2.45) is 17.8 Å².